The van der Waals surface area contributed by atoms with Gasteiger partial charge in [-0.05, 0) is 31.2 Å². The van der Waals surface area contributed by atoms with Crippen molar-refractivity contribution in [1.82, 2.24) is 20.6 Å². The summed E-state index contributed by atoms with van der Waals surface area (Å²) in [5, 5.41) is 6.40. The number of carbonyl (C=O) groups excluding carboxylic acids is 1. The molecule has 1 aliphatic carbocycles. The molecule has 3 rings (SSSR count). The van der Waals surface area contributed by atoms with Gasteiger partial charge in [-0.3, -0.25) is 0 Å². The van der Waals surface area contributed by atoms with Crippen LogP contribution in [0, 0.1) is 0 Å². The molecule has 1 aromatic heterocycles. The third-order valence-electron chi connectivity index (χ3n) is 4.17. The Morgan fingerprint density at radius 1 is 1.12 bits per heavy atom. The summed E-state index contributed by atoms with van der Waals surface area (Å²) >= 11 is 5.76. The van der Waals surface area contributed by atoms with Crippen molar-refractivity contribution in [3.63, 3.8) is 0 Å². The van der Waals surface area contributed by atoms with E-state index in [1.807, 2.05) is 30.3 Å². The van der Waals surface area contributed by atoms with Crippen molar-refractivity contribution in [2.45, 2.75) is 44.4 Å². The van der Waals surface area contributed by atoms with Crippen molar-refractivity contribution < 1.29 is 9.53 Å². The topological polar surface area (TPSA) is 76.1 Å². The van der Waals surface area contributed by atoms with Crippen LogP contribution in [0.15, 0.2) is 42.7 Å². The quantitative estimate of drug-likeness (QED) is 0.857. The summed E-state index contributed by atoms with van der Waals surface area (Å²) < 4.78 is 5.76. The first-order chi connectivity index (χ1) is 12.2. The minimum atomic E-state index is -0.130. The van der Waals surface area contributed by atoms with E-state index in [9.17, 15) is 4.79 Å². The molecule has 0 radical (unpaired) electrons. The van der Waals surface area contributed by atoms with Crippen LogP contribution in [-0.2, 0) is 6.54 Å². The summed E-state index contributed by atoms with van der Waals surface area (Å²) in [7, 11) is 0. The minimum Gasteiger partial charge on any atom is -0.460 e. The van der Waals surface area contributed by atoms with E-state index in [0.717, 1.165) is 31.2 Å². The van der Waals surface area contributed by atoms with Crippen LogP contribution in [0.4, 0.5) is 4.79 Å². The summed E-state index contributed by atoms with van der Waals surface area (Å²) in [4.78, 5) is 20.1. The molecule has 1 aliphatic rings. The van der Waals surface area contributed by atoms with E-state index in [2.05, 4.69) is 20.6 Å². The number of rotatable bonds is 5. The van der Waals surface area contributed by atoms with E-state index in [1.54, 1.807) is 0 Å². The van der Waals surface area contributed by atoms with Crippen molar-refractivity contribution in [1.29, 1.82) is 0 Å². The molecule has 7 heteroatoms. The average molecular weight is 361 g/mol. The first-order valence-corrected chi connectivity index (χ1v) is 8.79. The Morgan fingerprint density at radius 2 is 1.80 bits per heavy atom. The number of amides is 2. The van der Waals surface area contributed by atoms with E-state index in [0.29, 0.717) is 17.6 Å². The predicted octanol–water partition coefficient (Wildman–Crippen LogP) is 3.32. The van der Waals surface area contributed by atoms with E-state index >= 15 is 0 Å². The van der Waals surface area contributed by atoms with Gasteiger partial charge < -0.3 is 15.4 Å². The highest BCUT2D eigenvalue weighted by Gasteiger charge is 2.24. The molecule has 0 unspecified atom stereocenters. The van der Waals surface area contributed by atoms with Crippen LogP contribution in [0.1, 0.15) is 31.2 Å². The Balaban J connectivity index is 1.37. The molecule has 1 aromatic carbocycles. The molecule has 0 spiro atoms. The lowest BCUT2D eigenvalue weighted by Crippen LogP contribution is -2.44. The van der Waals surface area contributed by atoms with Crippen molar-refractivity contribution in [3.8, 4) is 6.01 Å². The fraction of sp³-hybridized carbons (Fsp3) is 0.389. The van der Waals surface area contributed by atoms with Crippen molar-refractivity contribution in [2.24, 2.45) is 0 Å². The fourth-order valence-corrected chi connectivity index (χ4v) is 2.95. The molecule has 0 bridgehead atoms. The number of hydrogen-bond acceptors (Lipinski definition) is 4. The number of carbonyl (C=O) groups is 1. The third kappa shape index (κ3) is 5.60. The number of nitrogens with one attached hydrogen (secondary N) is 2. The molecule has 25 heavy (non-hydrogen) atoms. The zero-order valence-corrected chi connectivity index (χ0v) is 14.6. The summed E-state index contributed by atoms with van der Waals surface area (Å²) in [6.45, 7) is 0.527. The third-order valence-corrected chi connectivity index (χ3v) is 4.37. The van der Waals surface area contributed by atoms with Gasteiger partial charge in [-0.2, -0.15) is 0 Å². The van der Waals surface area contributed by atoms with Crippen LogP contribution in [-0.4, -0.2) is 28.1 Å². The molecule has 2 N–H and O–H groups in total. The van der Waals surface area contributed by atoms with Gasteiger partial charge in [0, 0.05) is 12.6 Å². The van der Waals surface area contributed by atoms with Gasteiger partial charge in [0.25, 0.3) is 0 Å². The maximum absolute atomic E-state index is 12.0. The van der Waals surface area contributed by atoms with Gasteiger partial charge >= 0.3 is 12.0 Å². The van der Waals surface area contributed by atoms with Crippen LogP contribution in [0.2, 0.25) is 5.02 Å². The lowest BCUT2D eigenvalue weighted by molar-refractivity contribution is 0.129. The second kappa shape index (κ2) is 8.67. The number of urea groups is 1. The van der Waals surface area contributed by atoms with Crippen LogP contribution in [0.25, 0.3) is 0 Å². The van der Waals surface area contributed by atoms with E-state index in [4.69, 9.17) is 16.3 Å². The monoisotopic (exact) mass is 360 g/mol. The highest BCUT2D eigenvalue weighted by Crippen LogP contribution is 2.22. The number of ether oxygens (including phenoxy) is 1. The molecule has 6 nitrogen and oxygen atoms in total. The summed E-state index contributed by atoms with van der Waals surface area (Å²) in [6, 6.07) is 10.2. The largest absolute Gasteiger partial charge is 0.460 e. The molecule has 0 aliphatic heterocycles. The fourth-order valence-electron chi connectivity index (χ4n) is 2.85. The lowest BCUT2D eigenvalue weighted by atomic mass is 9.93. The molecule has 0 atom stereocenters. The first-order valence-electron chi connectivity index (χ1n) is 8.41. The van der Waals surface area contributed by atoms with Gasteiger partial charge in [0.2, 0.25) is 0 Å². The number of nitrogens with zero attached hydrogens (tertiary/aromatic N) is 2. The second-order valence-electron chi connectivity index (χ2n) is 6.09. The average Bonchev–Trinajstić information content (AvgIpc) is 2.64. The second-order valence-corrected chi connectivity index (χ2v) is 6.52. The molecule has 132 valence electrons. The van der Waals surface area contributed by atoms with Crippen molar-refractivity contribution in [2.75, 3.05) is 0 Å². The summed E-state index contributed by atoms with van der Waals surface area (Å²) in [5.74, 6) is 0. The van der Waals surface area contributed by atoms with Gasteiger partial charge in [-0.25, -0.2) is 14.8 Å². The Morgan fingerprint density at radius 3 is 2.48 bits per heavy atom. The number of aromatic nitrogens is 2. The zero-order chi connectivity index (χ0) is 17.5. The van der Waals surface area contributed by atoms with E-state index in [-0.39, 0.29) is 18.2 Å². The highest BCUT2D eigenvalue weighted by atomic mass is 35.5. The van der Waals surface area contributed by atoms with E-state index < -0.39 is 0 Å². The Bertz CT molecular complexity index is 673. The Hall–Kier alpha value is -2.34. The smallest absolute Gasteiger partial charge is 0.316 e. The van der Waals surface area contributed by atoms with Crippen LogP contribution in [0.3, 0.4) is 0 Å². The maximum atomic E-state index is 12.0. The number of benzene rings is 1. The first kappa shape index (κ1) is 17.5. The normalized spacial score (nSPS) is 19.9. The molecular weight excluding hydrogens is 340 g/mol. The SMILES string of the molecule is O=C(NCc1ccccc1)NC1CCC(Oc2ncc(Cl)cn2)CC1. The molecule has 2 aromatic rings. The van der Waals surface area contributed by atoms with Gasteiger partial charge in [0.05, 0.1) is 17.4 Å². The van der Waals surface area contributed by atoms with Crippen LogP contribution < -0.4 is 15.4 Å². The zero-order valence-electron chi connectivity index (χ0n) is 13.8. The standard InChI is InChI=1S/C18H21ClN4O2/c19-14-11-21-18(22-12-14)25-16-8-6-15(7-9-16)23-17(24)20-10-13-4-2-1-3-5-13/h1-5,11-12,15-16H,6-10H2,(H2,20,23,24). The molecule has 1 heterocycles. The summed E-state index contributed by atoms with van der Waals surface area (Å²) in [5.41, 5.74) is 1.08. The summed E-state index contributed by atoms with van der Waals surface area (Å²) in [6.07, 6.45) is 6.58. The Kier molecular flexibility index (Phi) is 6.06. The van der Waals surface area contributed by atoms with Crippen molar-refractivity contribution in [3.05, 3.63) is 53.3 Å². The molecular formula is C18H21ClN4O2. The van der Waals surface area contributed by atoms with Gasteiger partial charge in [-0.15, -0.1) is 0 Å². The Labute approximate surface area is 152 Å². The number of hydrogen-bond donors (Lipinski definition) is 2. The maximum Gasteiger partial charge on any atom is 0.316 e. The highest BCUT2D eigenvalue weighted by molar-refractivity contribution is 6.30. The van der Waals surface area contributed by atoms with Crippen LogP contribution >= 0.6 is 11.6 Å². The minimum absolute atomic E-state index is 0.0756. The van der Waals surface area contributed by atoms with Gasteiger partial charge in [-0.1, -0.05) is 41.9 Å². The van der Waals surface area contributed by atoms with Crippen molar-refractivity contribution >= 4 is 17.6 Å². The van der Waals surface area contributed by atoms with Gasteiger partial charge in [0.1, 0.15) is 6.10 Å². The predicted molar refractivity (Wildman–Crippen MR) is 95.5 cm³/mol. The van der Waals surface area contributed by atoms with E-state index in [1.165, 1.54) is 12.4 Å². The number of halogens is 1. The van der Waals surface area contributed by atoms with Crippen LogP contribution in [0.5, 0.6) is 6.01 Å². The molecule has 1 fully saturated rings. The molecule has 1 saturated carbocycles. The molecule has 2 amide bonds. The molecule has 0 saturated heterocycles. The lowest BCUT2D eigenvalue weighted by Gasteiger charge is -2.28. The van der Waals surface area contributed by atoms with Gasteiger partial charge in [0.15, 0.2) is 0 Å².